The second-order valence-electron chi connectivity index (χ2n) is 3.15. The maximum atomic E-state index is 4.94. The van der Waals surface area contributed by atoms with E-state index in [1.807, 2.05) is 0 Å². The summed E-state index contributed by atoms with van der Waals surface area (Å²) >= 11 is 0. The number of ether oxygens (including phenoxy) is 1. The van der Waals surface area contributed by atoms with Crippen molar-refractivity contribution >= 4 is 0 Å². The molecule has 68 valence electrons. The molecule has 0 aliphatic heterocycles. The summed E-state index contributed by atoms with van der Waals surface area (Å²) in [5.41, 5.74) is 1.23. The Labute approximate surface area is 74.3 Å². The van der Waals surface area contributed by atoms with Crippen LogP contribution in [0.2, 0.25) is 0 Å². The van der Waals surface area contributed by atoms with Crippen molar-refractivity contribution in [2.45, 2.75) is 13.3 Å². The molecule has 0 aromatic rings. The molecule has 2 heteroatoms. The summed E-state index contributed by atoms with van der Waals surface area (Å²) in [6.45, 7) is 3.88. The Kier molecular flexibility index (Phi) is 3.88. The van der Waals surface area contributed by atoms with Crippen LogP contribution in [0.15, 0.2) is 23.9 Å². The second kappa shape index (κ2) is 4.99. The van der Waals surface area contributed by atoms with Gasteiger partial charge in [-0.3, -0.25) is 0 Å². The smallest absolute Gasteiger partial charge is 0.0635 e. The topological polar surface area (TPSA) is 21.3 Å². The molecule has 0 fully saturated rings. The van der Waals surface area contributed by atoms with Gasteiger partial charge in [-0.05, 0) is 18.4 Å². The van der Waals surface area contributed by atoms with Crippen molar-refractivity contribution in [1.29, 1.82) is 0 Å². The zero-order valence-corrected chi connectivity index (χ0v) is 7.84. The van der Waals surface area contributed by atoms with Gasteiger partial charge in [0, 0.05) is 19.4 Å². The van der Waals surface area contributed by atoms with Gasteiger partial charge in [0.15, 0.2) is 0 Å². The molecule has 0 aromatic heterocycles. The molecule has 0 saturated carbocycles. The van der Waals surface area contributed by atoms with Crippen molar-refractivity contribution in [2.75, 3.05) is 20.3 Å². The summed E-state index contributed by atoms with van der Waals surface area (Å²) < 4.78 is 4.94. The highest BCUT2D eigenvalue weighted by atomic mass is 16.5. The molecule has 1 aliphatic rings. The van der Waals surface area contributed by atoms with Gasteiger partial charge >= 0.3 is 0 Å². The summed E-state index contributed by atoms with van der Waals surface area (Å²) in [5, 5.41) is 3.29. The fourth-order valence-corrected chi connectivity index (χ4v) is 1.16. The lowest BCUT2D eigenvalue weighted by atomic mass is 10.0. The SMILES string of the molecule is COCCNC1=CCC(C)C=C1. The average molecular weight is 167 g/mol. The second-order valence-corrected chi connectivity index (χ2v) is 3.15. The van der Waals surface area contributed by atoms with E-state index in [2.05, 4.69) is 30.5 Å². The summed E-state index contributed by atoms with van der Waals surface area (Å²) in [5.74, 6) is 0.693. The van der Waals surface area contributed by atoms with Gasteiger partial charge in [0.25, 0.3) is 0 Å². The molecule has 0 spiro atoms. The first kappa shape index (κ1) is 9.33. The van der Waals surface area contributed by atoms with Gasteiger partial charge in [-0.2, -0.15) is 0 Å². The first-order valence-electron chi connectivity index (χ1n) is 4.44. The van der Waals surface area contributed by atoms with Gasteiger partial charge in [-0.15, -0.1) is 0 Å². The Morgan fingerprint density at radius 1 is 1.67 bits per heavy atom. The molecule has 0 aromatic carbocycles. The van der Waals surface area contributed by atoms with Gasteiger partial charge in [-0.25, -0.2) is 0 Å². The Bertz CT molecular complexity index is 184. The Morgan fingerprint density at radius 2 is 2.50 bits per heavy atom. The van der Waals surface area contributed by atoms with Crippen LogP contribution in [0, 0.1) is 5.92 Å². The van der Waals surface area contributed by atoms with E-state index < -0.39 is 0 Å². The number of hydrogen-bond acceptors (Lipinski definition) is 2. The summed E-state index contributed by atoms with van der Waals surface area (Å²) in [4.78, 5) is 0. The van der Waals surface area contributed by atoms with Crippen molar-refractivity contribution in [3.8, 4) is 0 Å². The van der Waals surface area contributed by atoms with E-state index in [0.717, 1.165) is 19.6 Å². The van der Waals surface area contributed by atoms with Crippen molar-refractivity contribution < 1.29 is 4.74 Å². The van der Waals surface area contributed by atoms with E-state index in [1.165, 1.54) is 5.70 Å². The zero-order valence-electron chi connectivity index (χ0n) is 7.84. The lowest BCUT2D eigenvalue weighted by molar-refractivity contribution is 0.202. The third-order valence-electron chi connectivity index (χ3n) is 1.95. The van der Waals surface area contributed by atoms with Crippen LogP contribution in [0.5, 0.6) is 0 Å². The highest BCUT2D eigenvalue weighted by Crippen LogP contribution is 2.13. The van der Waals surface area contributed by atoms with E-state index in [4.69, 9.17) is 4.74 Å². The molecule has 1 atom stereocenters. The van der Waals surface area contributed by atoms with Crippen LogP contribution in [0.3, 0.4) is 0 Å². The Balaban J connectivity index is 2.21. The van der Waals surface area contributed by atoms with Gasteiger partial charge in [-0.1, -0.05) is 19.1 Å². The van der Waals surface area contributed by atoms with Crippen LogP contribution in [-0.2, 0) is 4.74 Å². The molecule has 12 heavy (non-hydrogen) atoms. The molecule has 0 heterocycles. The molecule has 0 saturated heterocycles. The minimum Gasteiger partial charge on any atom is -0.383 e. The molecule has 2 nitrogen and oxygen atoms in total. The molecule has 1 unspecified atom stereocenters. The first-order chi connectivity index (χ1) is 5.83. The standard InChI is InChI=1S/C10H17NO/c1-9-3-5-10(6-4-9)11-7-8-12-2/h3,5-6,9,11H,4,7-8H2,1-2H3. The average Bonchev–Trinajstić information content (AvgIpc) is 2.09. The normalized spacial score (nSPS) is 22.2. The van der Waals surface area contributed by atoms with Gasteiger partial charge in [0.1, 0.15) is 0 Å². The van der Waals surface area contributed by atoms with Crippen molar-refractivity contribution in [3.63, 3.8) is 0 Å². The van der Waals surface area contributed by atoms with Crippen molar-refractivity contribution in [1.82, 2.24) is 5.32 Å². The fraction of sp³-hybridized carbons (Fsp3) is 0.600. The lowest BCUT2D eigenvalue weighted by Crippen LogP contribution is -2.18. The highest BCUT2D eigenvalue weighted by Gasteiger charge is 2.01. The zero-order chi connectivity index (χ0) is 8.81. The maximum Gasteiger partial charge on any atom is 0.0635 e. The van der Waals surface area contributed by atoms with Crippen LogP contribution in [0.1, 0.15) is 13.3 Å². The van der Waals surface area contributed by atoms with Crippen LogP contribution in [0.4, 0.5) is 0 Å². The fourth-order valence-electron chi connectivity index (χ4n) is 1.16. The molecule has 0 amide bonds. The predicted molar refractivity (Wildman–Crippen MR) is 50.9 cm³/mol. The van der Waals surface area contributed by atoms with E-state index in [-0.39, 0.29) is 0 Å². The largest absolute Gasteiger partial charge is 0.383 e. The molecule has 0 bridgehead atoms. The van der Waals surface area contributed by atoms with Gasteiger partial charge in [0.05, 0.1) is 6.61 Å². The summed E-state index contributed by atoms with van der Waals surface area (Å²) in [6, 6.07) is 0. The maximum absolute atomic E-state index is 4.94. The third kappa shape index (κ3) is 3.09. The summed E-state index contributed by atoms with van der Waals surface area (Å²) in [7, 11) is 1.72. The molecular weight excluding hydrogens is 150 g/mol. The summed E-state index contributed by atoms with van der Waals surface area (Å²) in [6.07, 6.45) is 7.76. The van der Waals surface area contributed by atoms with E-state index in [1.54, 1.807) is 7.11 Å². The number of hydrogen-bond donors (Lipinski definition) is 1. The molecular formula is C10H17NO. The highest BCUT2D eigenvalue weighted by molar-refractivity contribution is 5.21. The Hall–Kier alpha value is -0.760. The van der Waals surface area contributed by atoms with Crippen molar-refractivity contribution in [2.24, 2.45) is 5.92 Å². The number of allylic oxidation sites excluding steroid dienone is 3. The number of rotatable bonds is 4. The van der Waals surface area contributed by atoms with Crippen LogP contribution in [-0.4, -0.2) is 20.3 Å². The minimum absolute atomic E-state index is 0.693. The quantitative estimate of drug-likeness (QED) is 0.643. The van der Waals surface area contributed by atoms with E-state index in [9.17, 15) is 0 Å². The third-order valence-corrected chi connectivity index (χ3v) is 1.95. The first-order valence-corrected chi connectivity index (χ1v) is 4.44. The van der Waals surface area contributed by atoms with Gasteiger partial charge < -0.3 is 10.1 Å². The van der Waals surface area contributed by atoms with Crippen LogP contribution in [0.25, 0.3) is 0 Å². The van der Waals surface area contributed by atoms with Crippen LogP contribution < -0.4 is 5.32 Å². The van der Waals surface area contributed by atoms with E-state index >= 15 is 0 Å². The minimum atomic E-state index is 0.693. The lowest BCUT2D eigenvalue weighted by Gasteiger charge is -2.13. The molecule has 1 rings (SSSR count). The number of nitrogens with one attached hydrogen (secondary N) is 1. The van der Waals surface area contributed by atoms with Crippen LogP contribution >= 0.6 is 0 Å². The van der Waals surface area contributed by atoms with E-state index in [0.29, 0.717) is 5.92 Å². The monoisotopic (exact) mass is 167 g/mol. The molecule has 1 N–H and O–H groups in total. The molecule has 0 radical (unpaired) electrons. The number of methoxy groups -OCH3 is 1. The Morgan fingerprint density at radius 3 is 3.08 bits per heavy atom. The van der Waals surface area contributed by atoms with Gasteiger partial charge in [0.2, 0.25) is 0 Å². The predicted octanol–water partition coefficient (Wildman–Crippen LogP) is 1.70. The van der Waals surface area contributed by atoms with Crippen molar-refractivity contribution in [3.05, 3.63) is 23.9 Å². The molecule has 1 aliphatic carbocycles.